The molecule has 0 aliphatic carbocycles. The number of thioether (sulfide) groups is 1. The average Bonchev–Trinajstić information content (AvgIpc) is 2.85. The molecular weight excluding hydrogens is 302 g/mol. The lowest BCUT2D eigenvalue weighted by Gasteiger charge is -2.08. The summed E-state index contributed by atoms with van der Waals surface area (Å²) in [5, 5.41) is 11.4. The van der Waals surface area contributed by atoms with Gasteiger partial charge in [0.15, 0.2) is 5.16 Å². The minimum atomic E-state index is -0.579. The third-order valence-electron chi connectivity index (χ3n) is 3.04. The van der Waals surface area contributed by atoms with Crippen LogP contribution in [0.3, 0.4) is 0 Å². The molecule has 0 bridgehead atoms. The van der Waals surface area contributed by atoms with Crippen molar-refractivity contribution >= 4 is 29.3 Å². The van der Waals surface area contributed by atoms with Crippen molar-refractivity contribution in [3.63, 3.8) is 0 Å². The van der Waals surface area contributed by atoms with Gasteiger partial charge >= 0.3 is 0 Å². The maximum atomic E-state index is 12.0. The van der Waals surface area contributed by atoms with Gasteiger partial charge < -0.3 is 15.6 Å². The summed E-state index contributed by atoms with van der Waals surface area (Å²) in [6, 6.07) is 6.63. The highest BCUT2D eigenvalue weighted by atomic mass is 32.2. The van der Waals surface area contributed by atoms with Gasteiger partial charge in [-0.1, -0.05) is 30.8 Å². The lowest BCUT2D eigenvalue weighted by Crippen LogP contribution is -2.19. The number of primary amides is 1. The van der Waals surface area contributed by atoms with E-state index in [9.17, 15) is 9.59 Å². The average molecular weight is 319 g/mol. The first kappa shape index (κ1) is 16.0. The number of carbonyl (C=O) groups is 2. The molecule has 0 saturated heterocycles. The summed E-state index contributed by atoms with van der Waals surface area (Å²) in [6.07, 6.45) is 0.780. The molecule has 0 unspecified atom stereocenters. The second-order valence-electron chi connectivity index (χ2n) is 4.56. The SMILES string of the molecule is CCc1nnc(SCC(=O)Nc2ccccc2C(N)=O)n1C. The fourth-order valence-electron chi connectivity index (χ4n) is 1.90. The van der Waals surface area contributed by atoms with E-state index in [4.69, 9.17) is 5.73 Å². The molecule has 1 heterocycles. The maximum Gasteiger partial charge on any atom is 0.250 e. The molecule has 2 rings (SSSR count). The van der Waals surface area contributed by atoms with Crippen molar-refractivity contribution < 1.29 is 9.59 Å². The number of carbonyl (C=O) groups excluding carboxylic acids is 2. The van der Waals surface area contributed by atoms with Crippen molar-refractivity contribution in [3.8, 4) is 0 Å². The minimum Gasteiger partial charge on any atom is -0.366 e. The quantitative estimate of drug-likeness (QED) is 0.779. The van der Waals surface area contributed by atoms with Gasteiger partial charge in [0.05, 0.1) is 17.0 Å². The summed E-state index contributed by atoms with van der Waals surface area (Å²) in [6.45, 7) is 1.99. The van der Waals surface area contributed by atoms with Crippen LogP contribution in [-0.4, -0.2) is 32.3 Å². The van der Waals surface area contributed by atoms with Crippen LogP contribution in [0.2, 0.25) is 0 Å². The first-order chi connectivity index (χ1) is 10.5. The molecule has 8 heteroatoms. The molecule has 22 heavy (non-hydrogen) atoms. The van der Waals surface area contributed by atoms with Crippen molar-refractivity contribution in [2.24, 2.45) is 12.8 Å². The van der Waals surface area contributed by atoms with Crippen LogP contribution in [0.4, 0.5) is 5.69 Å². The molecule has 2 amide bonds. The number of nitrogens with zero attached hydrogens (tertiary/aromatic N) is 3. The molecule has 0 saturated carbocycles. The van der Waals surface area contributed by atoms with Gasteiger partial charge in [0.1, 0.15) is 5.82 Å². The van der Waals surface area contributed by atoms with Crippen LogP contribution in [0, 0.1) is 0 Å². The van der Waals surface area contributed by atoms with Gasteiger partial charge in [-0.25, -0.2) is 0 Å². The van der Waals surface area contributed by atoms with Crippen LogP contribution < -0.4 is 11.1 Å². The second-order valence-corrected chi connectivity index (χ2v) is 5.50. The number of aryl methyl sites for hydroxylation is 1. The molecule has 0 radical (unpaired) electrons. The Bertz CT molecular complexity index is 698. The van der Waals surface area contributed by atoms with E-state index in [0.29, 0.717) is 10.8 Å². The van der Waals surface area contributed by atoms with E-state index < -0.39 is 5.91 Å². The van der Waals surface area contributed by atoms with E-state index in [2.05, 4.69) is 15.5 Å². The number of hydrogen-bond donors (Lipinski definition) is 2. The van der Waals surface area contributed by atoms with Crippen LogP contribution in [-0.2, 0) is 18.3 Å². The highest BCUT2D eigenvalue weighted by molar-refractivity contribution is 7.99. The minimum absolute atomic E-state index is 0.169. The summed E-state index contributed by atoms with van der Waals surface area (Å²) in [5.41, 5.74) is 5.97. The molecule has 1 aromatic heterocycles. The predicted molar refractivity (Wildman–Crippen MR) is 84.7 cm³/mol. The number of anilines is 1. The molecule has 1 aromatic carbocycles. The lowest BCUT2D eigenvalue weighted by molar-refractivity contribution is -0.113. The summed E-state index contributed by atoms with van der Waals surface area (Å²) in [5.74, 6) is 0.217. The zero-order valence-corrected chi connectivity index (χ0v) is 13.2. The zero-order valence-electron chi connectivity index (χ0n) is 12.4. The molecule has 7 nitrogen and oxygen atoms in total. The highest BCUT2D eigenvalue weighted by Gasteiger charge is 2.13. The van der Waals surface area contributed by atoms with Crippen molar-refractivity contribution in [1.82, 2.24) is 14.8 Å². The first-order valence-electron chi connectivity index (χ1n) is 6.72. The van der Waals surface area contributed by atoms with Gasteiger partial charge in [-0.05, 0) is 12.1 Å². The number of benzene rings is 1. The molecule has 116 valence electrons. The van der Waals surface area contributed by atoms with Crippen LogP contribution in [0.25, 0.3) is 0 Å². The lowest BCUT2D eigenvalue weighted by atomic mass is 10.1. The van der Waals surface area contributed by atoms with Crippen LogP contribution in [0.1, 0.15) is 23.1 Å². The van der Waals surface area contributed by atoms with Crippen molar-refractivity contribution in [3.05, 3.63) is 35.7 Å². The second kappa shape index (κ2) is 7.08. The van der Waals surface area contributed by atoms with Gasteiger partial charge in [0.25, 0.3) is 5.91 Å². The monoisotopic (exact) mass is 319 g/mol. The number of hydrogen-bond acceptors (Lipinski definition) is 5. The number of nitrogens with two attached hydrogens (primary N) is 1. The number of nitrogens with one attached hydrogen (secondary N) is 1. The van der Waals surface area contributed by atoms with Gasteiger partial charge in [-0.2, -0.15) is 0 Å². The zero-order chi connectivity index (χ0) is 16.1. The fourth-order valence-corrected chi connectivity index (χ4v) is 2.63. The molecule has 0 fully saturated rings. The van der Waals surface area contributed by atoms with Crippen molar-refractivity contribution in [2.45, 2.75) is 18.5 Å². The number of para-hydroxylation sites is 1. The normalized spacial score (nSPS) is 10.5. The van der Waals surface area contributed by atoms with E-state index in [1.54, 1.807) is 24.3 Å². The van der Waals surface area contributed by atoms with Crippen LogP contribution in [0.15, 0.2) is 29.4 Å². The highest BCUT2D eigenvalue weighted by Crippen LogP contribution is 2.18. The van der Waals surface area contributed by atoms with E-state index >= 15 is 0 Å². The molecule has 2 aromatic rings. The Hall–Kier alpha value is -2.35. The Morgan fingerprint density at radius 2 is 2.05 bits per heavy atom. The molecule has 3 N–H and O–H groups in total. The largest absolute Gasteiger partial charge is 0.366 e. The smallest absolute Gasteiger partial charge is 0.250 e. The standard InChI is InChI=1S/C14H17N5O2S/c1-3-11-17-18-14(19(11)2)22-8-12(20)16-10-7-5-4-6-9(10)13(15)21/h4-7H,3,8H2,1-2H3,(H2,15,21)(H,16,20). The van der Waals surface area contributed by atoms with E-state index in [1.807, 2.05) is 18.5 Å². The number of amides is 2. The van der Waals surface area contributed by atoms with Crippen molar-refractivity contribution in [2.75, 3.05) is 11.1 Å². The Morgan fingerprint density at radius 3 is 2.68 bits per heavy atom. The topological polar surface area (TPSA) is 103 Å². The first-order valence-corrected chi connectivity index (χ1v) is 7.71. The third-order valence-corrected chi connectivity index (χ3v) is 4.06. The Labute approximate surface area is 132 Å². The van der Waals surface area contributed by atoms with E-state index in [-0.39, 0.29) is 17.2 Å². The predicted octanol–water partition coefficient (Wildman–Crippen LogP) is 1.21. The van der Waals surface area contributed by atoms with Gasteiger partial charge in [0.2, 0.25) is 5.91 Å². The third kappa shape index (κ3) is 3.64. The summed E-state index contributed by atoms with van der Waals surface area (Å²) in [4.78, 5) is 23.3. The van der Waals surface area contributed by atoms with Gasteiger partial charge in [0, 0.05) is 13.5 Å². The Morgan fingerprint density at radius 1 is 1.32 bits per heavy atom. The Balaban J connectivity index is 1.99. The number of aromatic nitrogens is 3. The summed E-state index contributed by atoms with van der Waals surface area (Å²) in [7, 11) is 1.86. The van der Waals surface area contributed by atoms with E-state index in [0.717, 1.165) is 12.2 Å². The molecule has 0 spiro atoms. The van der Waals surface area contributed by atoms with Crippen LogP contribution in [0.5, 0.6) is 0 Å². The summed E-state index contributed by atoms with van der Waals surface area (Å²) >= 11 is 1.29. The Kier molecular flexibility index (Phi) is 5.16. The number of rotatable bonds is 6. The molecule has 0 atom stereocenters. The molecule has 0 aliphatic rings. The summed E-state index contributed by atoms with van der Waals surface area (Å²) < 4.78 is 1.86. The maximum absolute atomic E-state index is 12.0. The van der Waals surface area contributed by atoms with Crippen LogP contribution >= 0.6 is 11.8 Å². The fraction of sp³-hybridized carbons (Fsp3) is 0.286. The molecule has 0 aliphatic heterocycles. The van der Waals surface area contributed by atoms with Crippen molar-refractivity contribution in [1.29, 1.82) is 0 Å². The van der Waals surface area contributed by atoms with Gasteiger partial charge in [-0.3, -0.25) is 9.59 Å². The molecular formula is C14H17N5O2S. The van der Waals surface area contributed by atoms with E-state index in [1.165, 1.54) is 11.8 Å². The van der Waals surface area contributed by atoms with Gasteiger partial charge in [-0.15, -0.1) is 10.2 Å².